The summed E-state index contributed by atoms with van der Waals surface area (Å²) >= 11 is 7.85. The van der Waals surface area contributed by atoms with Crippen LogP contribution in [0.25, 0.3) is 32.2 Å². The molecule has 0 unspecified atom stereocenters. The standard InChI is InChI=1S/C33H32ClF3N10O2S/c34-21-12-20-25(24(37)23(21)19-2-3-22(36)27-26(19)41-29(38)50-27)42-30(49-15-33-4-1-8-45(33)14-18(35)13-33)43-28(20)46-11-7-32(46)5-9-44(10-6-32)31(48)47-17-39-16-40-47/h2-3,12,16-18H,1,4-11,13-15H2,(H2,38,41)/t18-,33+/m1/s1. The van der Waals surface area contributed by atoms with Crippen molar-refractivity contribution in [2.24, 2.45) is 0 Å². The lowest BCUT2D eigenvalue weighted by atomic mass is 9.76. The van der Waals surface area contributed by atoms with Gasteiger partial charge in [-0.25, -0.2) is 27.9 Å². The van der Waals surface area contributed by atoms with Crippen LogP contribution in [0.3, 0.4) is 0 Å². The summed E-state index contributed by atoms with van der Waals surface area (Å²) in [6.45, 7) is 2.94. The van der Waals surface area contributed by atoms with E-state index in [0.717, 1.165) is 37.1 Å². The molecule has 9 rings (SSSR count). The molecule has 2 N–H and O–H groups in total. The number of hydrogen-bond acceptors (Lipinski definition) is 11. The summed E-state index contributed by atoms with van der Waals surface area (Å²) in [5.74, 6) is -0.776. The molecular formula is C33H32ClF3N10O2S. The number of halogens is 4. The van der Waals surface area contributed by atoms with Crippen molar-refractivity contribution >= 4 is 61.0 Å². The molecule has 4 aliphatic heterocycles. The van der Waals surface area contributed by atoms with Gasteiger partial charge in [-0.3, -0.25) is 4.90 Å². The SMILES string of the molecule is Nc1nc2c(-c3c(Cl)cc4c(N5CCC56CCN(C(=O)n5cncn5)CC6)nc(OC[C@@]56CCCN5C[C@H](F)C6)nc4c3F)ccc(F)c2s1. The van der Waals surface area contributed by atoms with Gasteiger partial charge in [-0.2, -0.15) is 19.7 Å². The molecule has 0 bridgehead atoms. The van der Waals surface area contributed by atoms with E-state index in [2.05, 4.69) is 29.9 Å². The molecule has 5 aromatic rings. The van der Waals surface area contributed by atoms with Crippen molar-refractivity contribution in [2.45, 2.75) is 55.8 Å². The fraction of sp³-hybridized carbons (Fsp3) is 0.455. The zero-order valence-corrected chi connectivity index (χ0v) is 28.4. The van der Waals surface area contributed by atoms with Crippen molar-refractivity contribution in [3.05, 3.63) is 47.5 Å². The third kappa shape index (κ3) is 4.89. The Morgan fingerprint density at radius 1 is 1.08 bits per heavy atom. The number of alkyl halides is 1. The second kappa shape index (κ2) is 11.6. The molecule has 0 saturated carbocycles. The smallest absolute Gasteiger partial charge is 0.346 e. The summed E-state index contributed by atoms with van der Waals surface area (Å²) in [7, 11) is 0. The number of carbonyl (C=O) groups excluding carboxylic acids is 1. The van der Waals surface area contributed by atoms with E-state index in [1.807, 2.05) is 0 Å². The second-order valence-corrected chi connectivity index (χ2v) is 15.1. The summed E-state index contributed by atoms with van der Waals surface area (Å²) < 4.78 is 54.0. The lowest BCUT2D eigenvalue weighted by Gasteiger charge is -2.57. The zero-order valence-electron chi connectivity index (χ0n) is 26.8. The molecule has 3 aromatic heterocycles. The lowest BCUT2D eigenvalue weighted by Crippen LogP contribution is -2.65. The highest BCUT2D eigenvalue weighted by molar-refractivity contribution is 7.22. The van der Waals surface area contributed by atoms with Crippen LogP contribution in [0.4, 0.5) is 28.9 Å². The Balaban J connectivity index is 1.12. The average molecular weight is 725 g/mol. The Labute approximate surface area is 293 Å². The minimum atomic E-state index is -0.940. The summed E-state index contributed by atoms with van der Waals surface area (Å²) in [4.78, 5) is 36.7. The number of fused-ring (bicyclic) bond motifs is 3. The van der Waals surface area contributed by atoms with Crippen molar-refractivity contribution in [1.82, 2.24) is 39.5 Å². The van der Waals surface area contributed by atoms with Crippen LogP contribution in [-0.4, -0.2) is 102 Å². The molecule has 50 heavy (non-hydrogen) atoms. The maximum Gasteiger partial charge on any atom is 0.346 e. The monoisotopic (exact) mass is 724 g/mol. The number of nitrogens with two attached hydrogens (primary N) is 1. The van der Waals surface area contributed by atoms with Crippen molar-refractivity contribution in [2.75, 3.05) is 50.0 Å². The summed E-state index contributed by atoms with van der Waals surface area (Å²) in [6.07, 6.45) is 6.01. The van der Waals surface area contributed by atoms with Crippen molar-refractivity contribution in [3.8, 4) is 17.1 Å². The van der Waals surface area contributed by atoms with E-state index in [1.165, 1.54) is 29.5 Å². The molecule has 0 radical (unpaired) electrons. The maximum atomic E-state index is 17.0. The Hall–Kier alpha value is -4.28. The van der Waals surface area contributed by atoms with Crippen molar-refractivity contribution in [1.29, 1.82) is 0 Å². The lowest BCUT2D eigenvalue weighted by molar-refractivity contribution is 0.107. The van der Waals surface area contributed by atoms with Gasteiger partial charge in [0.05, 0.1) is 20.8 Å². The first-order chi connectivity index (χ1) is 24.1. The van der Waals surface area contributed by atoms with Gasteiger partial charge in [-0.1, -0.05) is 22.9 Å². The van der Waals surface area contributed by atoms with Crippen LogP contribution < -0.4 is 15.4 Å². The predicted octanol–water partition coefficient (Wildman–Crippen LogP) is 5.68. The molecule has 4 aliphatic rings. The minimum Gasteiger partial charge on any atom is -0.461 e. The Morgan fingerprint density at radius 2 is 1.90 bits per heavy atom. The van der Waals surface area contributed by atoms with Crippen LogP contribution in [0.1, 0.15) is 38.5 Å². The topological polar surface area (TPSA) is 131 Å². The largest absolute Gasteiger partial charge is 0.461 e. The summed E-state index contributed by atoms with van der Waals surface area (Å²) in [5, 5.41) is 4.59. The number of likely N-dealkylation sites (tertiary alicyclic amines) is 1. The Kier molecular flexibility index (Phi) is 7.37. The number of rotatable bonds is 5. The zero-order chi connectivity index (χ0) is 34.4. The molecule has 4 fully saturated rings. The minimum absolute atomic E-state index is 0.0125. The number of carbonyl (C=O) groups is 1. The number of piperidine rings is 1. The molecule has 17 heteroatoms. The summed E-state index contributed by atoms with van der Waals surface area (Å²) in [6, 6.07) is 4.05. The first kappa shape index (κ1) is 31.7. The van der Waals surface area contributed by atoms with E-state index in [0.29, 0.717) is 56.6 Å². The van der Waals surface area contributed by atoms with Gasteiger partial charge < -0.3 is 20.3 Å². The second-order valence-electron chi connectivity index (χ2n) is 13.7. The number of aromatic nitrogens is 6. The predicted molar refractivity (Wildman–Crippen MR) is 182 cm³/mol. The number of ether oxygens (including phenoxy) is 1. The van der Waals surface area contributed by atoms with Crippen LogP contribution in [0.5, 0.6) is 6.01 Å². The maximum absolute atomic E-state index is 17.0. The number of amides is 1. The molecule has 12 nitrogen and oxygen atoms in total. The fourth-order valence-corrected chi connectivity index (χ4v) is 9.53. The van der Waals surface area contributed by atoms with Crippen LogP contribution in [0.2, 0.25) is 5.02 Å². The first-order valence-electron chi connectivity index (χ1n) is 16.6. The van der Waals surface area contributed by atoms with Crippen LogP contribution in [0.15, 0.2) is 30.9 Å². The molecule has 2 aromatic carbocycles. The normalized spacial score (nSPS) is 23.2. The van der Waals surface area contributed by atoms with Gasteiger partial charge in [0, 0.05) is 54.7 Å². The average Bonchev–Trinajstić information content (AvgIpc) is 3.89. The van der Waals surface area contributed by atoms with E-state index in [9.17, 15) is 13.6 Å². The molecule has 4 saturated heterocycles. The van der Waals surface area contributed by atoms with Crippen LogP contribution in [0, 0.1) is 11.6 Å². The molecule has 1 spiro atoms. The van der Waals surface area contributed by atoms with Gasteiger partial charge in [-0.15, -0.1) is 0 Å². The van der Waals surface area contributed by atoms with Crippen molar-refractivity contribution < 1.29 is 22.7 Å². The quantitative estimate of drug-likeness (QED) is 0.242. The third-order valence-corrected chi connectivity index (χ3v) is 12.3. The Bertz CT molecular complexity index is 2160. The van der Waals surface area contributed by atoms with Crippen molar-refractivity contribution in [3.63, 3.8) is 0 Å². The first-order valence-corrected chi connectivity index (χ1v) is 17.8. The van der Waals surface area contributed by atoms with Crippen LogP contribution >= 0.6 is 22.9 Å². The highest BCUT2D eigenvalue weighted by Crippen LogP contribution is 2.48. The number of thiazole rings is 1. The van der Waals surface area contributed by atoms with E-state index in [1.54, 1.807) is 11.0 Å². The molecule has 2 atom stereocenters. The number of benzene rings is 2. The van der Waals surface area contributed by atoms with Gasteiger partial charge in [0.1, 0.15) is 42.6 Å². The molecule has 0 aliphatic carbocycles. The van der Waals surface area contributed by atoms with E-state index < -0.39 is 23.3 Å². The highest BCUT2D eigenvalue weighted by atomic mass is 35.5. The number of anilines is 2. The number of hydrogen-bond donors (Lipinski definition) is 1. The number of nitrogens with zero attached hydrogens (tertiary/aromatic N) is 9. The summed E-state index contributed by atoms with van der Waals surface area (Å²) in [5.41, 5.74) is 5.62. The van der Waals surface area contributed by atoms with Gasteiger partial charge >= 0.3 is 12.0 Å². The molecule has 7 heterocycles. The molecular weight excluding hydrogens is 693 g/mol. The van der Waals surface area contributed by atoms with E-state index >= 15 is 4.39 Å². The van der Waals surface area contributed by atoms with Crippen LogP contribution in [-0.2, 0) is 0 Å². The van der Waals surface area contributed by atoms with E-state index in [4.69, 9.17) is 27.1 Å². The van der Waals surface area contributed by atoms with Gasteiger partial charge in [-0.05, 0) is 56.8 Å². The number of nitrogen functional groups attached to an aromatic ring is 1. The van der Waals surface area contributed by atoms with Gasteiger partial charge in [0.15, 0.2) is 10.9 Å². The van der Waals surface area contributed by atoms with Gasteiger partial charge in [0.2, 0.25) is 0 Å². The van der Waals surface area contributed by atoms with Gasteiger partial charge in [0.25, 0.3) is 0 Å². The fourth-order valence-electron chi connectivity index (χ4n) is 8.48. The molecule has 260 valence electrons. The van der Waals surface area contributed by atoms with E-state index in [-0.39, 0.29) is 61.2 Å². The highest BCUT2D eigenvalue weighted by Gasteiger charge is 2.51. The Morgan fingerprint density at radius 3 is 2.66 bits per heavy atom. The molecule has 1 amide bonds. The third-order valence-electron chi connectivity index (χ3n) is 11.1.